The van der Waals surface area contributed by atoms with E-state index in [-0.39, 0.29) is 5.82 Å². The Bertz CT molecular complexity index is 393. The van der Waals surface area contributed by atoms with E-state index in [1.54, 1.807) is 12.1 Å². The molecule has 0 spiro atoms. The molecule has 1 saturated carbocycles. The van der Waals surface area contributed by atoms with Gasteiger partial charge in [0.25, 0.3) is 0 Å². The molecule has 1 aromatic rings. The largest absolute Gasteiger partial charge is 0.300 e. The van der Waals surface area contributed by atoms with Crippen LogP contribution in [0.15, 0.2) is 18.2 Å². The van der Waals surface area contributed by atoms with Gasteiger partial charge in [0.15, 0.2) is 0 Å². The molecular formula is C13H14ClFO. The number of hydrogen-bond donors (Lipinski definition) is 0. The average Bonchev–Trinajstić information content (AvgIpc) is 2.27. The van der Waals surface area contributed by atoms with Gasteiger partial charge < -0.3 is 0 Å². The Morgan fingerprint density at radius 1 is 1.31 bits per heavy atom. The molecule has 0 unspecified atom stereocenters. The Kier molecular flexibility index (Phi) is 3.59. The van der Waals surface area contributed by atoms with Crippen LogP contribution in [0.1, 0.15) is 31.2 Å². The zero-order valence-electron chi connectivity index (χ0n) is 9.01. The van der Waals surface area contributed by atoms with Gasteiger partial charge in [0.2, 0.25) is 0 Å². The summed E-state index contributed by atoms with van der Waals surface area (Å²) in [4.78, 5) is 11.1. The number of benzene rings is 1. The molecular weight excluding hydrogens is 227 g/mol. The Morgan fingerprint density at radius 2 is 2.00 bits per heavy atom. The van der Waals surface area contributed by atoms with Gasteiger partial charge in [-0.15, -0.1) is 0 Å². The predicted octanol–water partition coefficient (Wildman–Crippen LogP) is 3.78. The fraction of sp³-hybridized carbons (Fsp3) is 0.462. The Morgan fingerprint density at radius 3 is 2.69 bits per heavy atom. The van der Waals surface area contributed by atoms with Gasteiger partial charge in [-0.25, -0.2) is 4.39 Å². The first-order valence-corrected chi connectivity index (χ1v) is 5.98. The van der Waals surface area contributed by atoms with Crippen molar-refractivity contribution in [2.75, 3.05) is 0 Å². The van der Waals surface area contributed by atoms with Crippen LogP contribution in [0.4, 0.5) is 4.39 Å². The van der Waals surface area contributed by atoms with Gasteiger partial charge in [-0.1, -0.05) is 11.6 Å². The number of carbonyl (C=O) groups is 1. The fourth-order valence-electron chi connectivity index (χ4n) is 2.21. The normalized spacial score (nSPS) is 17.8. The first-order valence-electron chi connectivity index (χ1n) is 5.61. The number of halogens is 2. The molecule has 0 bridgehead atoms. The van der Waals surface area contributed by atoms with E-state index >= 15 is 0 Å². The maximum atomic E-state index is 13.5. The lowest BCUT2D eigenvalue weighted by Crippen LogP contribution is -2.16. The molecule has 86 valence electrons. The fourth-order valence-corrected chi connectivity index (χ4v) is 2.41. The van der Waals surface area contributed by atoms with Crippen LogP contribution in [0.3, 0.4) is 0 Å². The molecule has 3 heteroatoms. The molecule has 2 rings (SSSR count). The Balaban J connectivity index is 2.03. The van der Waals surface area contributed by atoms with Crippen LogP contribution in [-0.2, 0) is 11.2 Å². The highest BCUT2D eigenvalue weighted by Crippen LogP contribution is 2.27. The number of ketones is 1. The molecule has 0 heterocycles. The molecule has 16 heavy (non-hydrogen) atoms. The van der Waals surface area contributed by atoms with Crippen molar-refractivity contribution >= 4 is 17.4 Å². The van der Waals surface area contributed by atoms with Gasteiger partial charge in [0, 0.05) is 17.9 Å². The predicted molar refractivity (Wildman–Crippen MR) is 62.1 cm³/mol. The molecule has 0 atom stereocenters. The van der Waals surface area contributed by atoms with Crippen LogP contribution in [0.5, 0.6) is 0 Å². The van der Waals surface area contributed by atoms with Gasteiger partial charge in [0.05, 0.1) is 0 Å². The molecule has 0 aliphatic heterocycles. The van der Waals surface area contributed by atoms with Crippen molar-refractivity contribution in [3.05, 3.63) is 34.6 Å². The summed E-state index contributed by atoms with van der Waals surface area (Å²) in [6.45, 7) is 0. The topological polar surface area (TPSA) is 17.1 Å². The lowest BCUT2D eigenvalue weighted by Gasteiger charge is -2.21. The third-order valence-electron chi connectivity index (χ3n) is 3.18. The standard InChI is InChI=1S/C13H14ClFO/c14-11-3-6-13(15)10(8-11)7-9-1-4-12(16)5-2-9/h3,6,8-9H,1-2,4-5,7H2. The highest BCUT2D eigenvalue weighted by Gasteiger charge is 2.20. The lowest BCUT2D eigenvalue weighted by molar-refractivity contribution is -0.121. The first-order chi connectivity index (χ1) is 7.65. The van der Waals surface area contributed by atoms with Crippen molar-refractivity contribution in [3.8, 4) is 0 Å². The maximum Gasteiger partial charge on any atom is 0.132 e. The van der Waals surface area contributed by atoms with Gasteiger partial charge in [0.1, 0.15) is 11.6 Å². The minimum absolute atomic E-state index is 0.193. The second-order valence-electron chi connectivity index (χ2n) is 4.42. The van der Waals surface area contributed by atoms with E-state index in [9.17, 15) is 9.18 Å². The molecule has 0 aromatic heterocycles. The van der Waals surface area contributed by atoms with Crippen LogP contribution < -0.4 is 0 Å². The number of rotatable bonds is 2. The molecule has 1 nitrogen and oxygen atoms in total. The molecule has 1 aliphatic rings. The summed E-state index contributed by atoms with van der Waals surface area (Å²) < 4.78 is 13.5. The van der Waals surface area contributed by atoms with E-state index in [1.807, 2.05) is 0 Å². The third kappa shape index (κ3) is 2.82. The van der Waals surface area contributed by atoms with Crippen LogP contribution in [-0.4, -0.2) is 5.78 Å². The van der Waals surface area contributed by atoms with Gasteiger partial charge in [-0.05, 0) is 48.9 Å². The monoisotopic (exact) mass is 240 g/mol. The van der Waals surface area contributed by atoms with Crippen LogP contribution in [0.25, 0.3) is 0 Å². The minimum Gasteiger partial charge on any atom is -0.300 e. The SMILES string of the molecule is O=C1CCC(Cc2cc(Cl)ccc2F)CC1. The van der Waals surface area contributed by atoms with E-state index in [0.29, 0.717) is 41.5 Å². The zero-order chi connectivity index (χ0) is 11.5. The van der Waals surface area contributed by atoms with Gasteiger partial charge >= 0.3 is 0 Å². The van der Waals surface area contributed by atoms with E-state index in [1.165, 1.54) is 6.07 Å². The van der Waals surface area contributed by atoms with Crippen molar-refractivity contribution in [2.45, 2.75) is 32.1 Å². The third-order valence-corrected chi connectivity index (χ3v) is 3.41. The number of Topliss-reactive ketones (excluding diaryl/α,β-unsaturated/α-hetero) is 1. The summed E-state index contributed by atoms with van der Waals surface area (Å²) in [5, 5.41) is 0.572. The summed E-state index contributed by atoms with van der Waals surface area (Å²) in [5.41, 5.74) is 0.673. The molecule has 0 saturated heterocycles. The number of carbonyl (C=O) groups excluding carboxylic acids is 1. The zero-order valence-corrected chi connectivity index (χ0v) is 9.77. The summed E-state index contributed by atoms with van der Waals surface area (Å²) in [6.07, 6.45) is 3.74. The van der Waals surface area contributed by atoms with E-state index in [2.05, 4.69) is 0 Å². The highest BCUT2D eigenvalue weighted by molar-refractivity contribution is 6.30. The van der Waals surface area contributed by atoms with Crippen LogP contribution in [0, 0.1) is 11.7 Å². The quantitative estimate of drug-likeness (QED) is 0.769. The molecule has 1 aromatic carbocycles. The maximum absolute atomic E-state index is 13.5. The second kappa shape index (κ2) is 4.96. The first kappa shape index (κ1) is 11.6. The second-order valence-corrected chi connectivity index (χ2v) is 4.86. The summed E-state index contributed by atoms with van der Waals surface area (Å²) >= 11 is 5.84. The van der Waals surface area contributed by atoms with E-state index in [0.717, 1.165) is 12.8 Å². The van der Waals surface area contributed by atoms with E-state index < -0.39 is 0 Å². The molecule has 0 N–H and O–H groups in total. The average molecular weight is 241 g/mol. The van der Waals surface area contributed by atoms with Crippen molar-refractivity contribution in [2.24, 2.45) is 5.92 Å². The molecule has 0 radical (unpaired) electrons. The van der Waals surface area contributed by atoms with Crippen molar-refractivity contribution in [1.29, 1.82) is 0 Å². The minimum atomic E-state index is -0.193. The molecule has 1 aliphatic carbocycles. The van der Waals surface area contributed by atoms with Crippen molar-refractivity contribution < 1.29 is 9.18 Å². The van der Waals surface area contributed by atoms with Gasteiger partial charge in [-0.2, -0.15) is 0 Å². The number of hydrogen-bond acceptors (Lipinski definition) is 1. The van der Waals surface area contributed by atoms with Crippen molar-refractivity contribution in [3.63, 3.8) is 0 Å². The Labute approximate surface area is 99.6 Å². The smallest absolute Gasteiger partial charge is 0.132 e. The molecule has 0 amide bonds. The van der Waals surface area contributed by atoms with E-state index in [4.69, 9.17) is 11.6 Å². The van der Waals surface area contributed by atoms with Crippen LogP contribution >= 0.6 is 11.6 Å². The summed E-state index contributed by atoms with van der Waals surface area (Å²) in [7, 11) is 0. The van der Waals surface area contributed by atoms with Gasteiger partial charge in [-0.3, -0.25) is 4.79 Å². The molecule has 1 fully saturated rings. The Hall–Kier alpha value is -0.890. The van der Waals surface area contributed by atoms with Crippen molar-refractivity contribution in [1.82, 2.24) is 0 Å². The summed E-state index contributed by atoms with van der Waals surface area (Å²) in [6, 6.07) is 4.66. The lowest BCUT2D eigenvalue weighted by atomic mass is 9.84. The highest BCUT2D eigenvalue weighted by atomic mass is 35.5. The van der Waals surface area contributed by atoms with Crippen LogP contribution in [0.2, 0.25) is 5.02 Å². The summed E-state index contributed by atoms with van der Waals surface area (Å²) in [5.74, 6) is 0.565.